The molecule has 2 N–H and O–H groups in total. The van der Waals surface area contributed by atoms with Gasteiger partial charge in [-0.1, -0.05) is 18.2 Å². The smallest absolute Gasteiger partial charge is 0.179 e. The Labute approximate surface area is 96.4 Å². The highest BCUT2D eigenvalue weighted by Gasteiger charge is 2.11. The van der Waals surface area contributed by atoms with Crippen molar-refractivity contribution in [1.82, 2.24) is 0 Å². The number of sulfone groups is 1. The summed E-state index contributed by atoms with van der Waals surface area (Å²) in [6.45, 7) is 0.164. The summed E-state index contributed by atoms with van der Waals surface area (Å²) in [4.78, 5) is 0.343. The van der Waals surface area contributed by atoms with Gasteiger partial charge in [-0.15, -0.1) is 24.8 Å². The van der Waals surface area contributed by atoms with Crippen molar-refractivity contribution >= 4 is 34.7 Å². The lowest BCUT2D eigenvalue weighted by atomic mass is 10.4. The van der Waals surface area contributed by atoms with Gasteiger partial charge in [0.1, 0.15) is 0 Å². The highest BCUT2D eigenvalue weighted by Crippen LogP contribution is 2.08. The van der Waals surface area contributed by atoms with Crippen molar-refractivity contribution in [3.63, 3.8) is 0 Å². The van der Waals surface area contributed by atoms with Gasteiger partial charge in [0.2, 0.25) is 0 Å². The first kappa shape index (κ1) is 16.2. The maximum Gasteiger partial charge on any atom is 0.179 e. The summed E-state index contributed by atoms with van der Waals surface area (Å²) in [5.74, 6) is 0.0109. The lowest BCUT2D eigenvalue weighted by molar-refractivity contribution is 0.596. The number of hydrogen-bond acceptors (Lipinski definition) is 3. The van der Waals surface area contributed by atoms with Crippen molar-refractivity contribution in [3.8, 4) is 0 Å². The van der Waals surface area contributed by atoms with Crippen LogP contribution in [0.1, 0.15) is 0 Å². The number of hydrogen-bond donors (Lipinski definition) is 1. The molecular formula is C8H13Cl2NO2S. The second-order valence-corrected chi connectivity index (χ2v) is 4.53. The van der Waals surface area contributed by atoms with Gasteiger partial charge in [-0.05, 0) is 12.1 Å². The molecule has 0 aliphatic heterocycles. The first-order valence-corrected chi connectivity index (χ1v) is 5.30. The van der Waals surface area contributed by atoms with Crippen molar-refractivity contribution in [3.05, 3.63) is 30.3 Å². The number of rotatable bonds is 3. The SMILES string of the molecule is Cl.Cl.NCCS(=O)(=O)c1ccccc1. The molecule has 6 heteroatoms. The maximum absolute atomic E-state index is 11.4. The second kappa shape index (κ2) is 7.06. The monoisotopic (exact) mass is 257 g/mol. The molecule has 0 bridgehead atoms. The Kier molecular flexibility index (Phi) is 8.15. The zero-order chi connectivity index (χ0) is 9.03. The fraction of sp³-hybridized carbons (Fsp3) is 0.250. The van der Waals surface area contributed by atoms with Gasteiger partial charge in [-0.25, -0.2) is 8.42 Å². The highest BCUT2D eigenvalue weighted by molar-refractivity contribution is 7.91. The number of nitrogens with two attached hydrogens (primary N) is 1. The molecule has 0 aromatic heterocycles. The van der Waals surface area contributed by atoms with E-state index in [4.69, 9.17) is 5.73 Å². The van der Waals surface area contributed by atoms with E-state index in [1.165, 1.54) is 0 Å². The summed E-state index contributed by atoms with van der Waals surface area (Å²) in [6, 6.07) is 8.32. The molecular weight excluding hydrogens is 245 g/mol. The fourth-order valence-corrected chi connectivity index (χ4v) is 2.02. The van der Waals surface area contributed by atoms with Crippen molar-refractivity contribution < 1.29 is 8.42 Å². The lowest BCUT2D eigenvalue weighted by Crippen LogP contribution is -2.15. The van der Waals surface area contributed by atoms with Gasteiger partial charge in [-0.2, -0.15) is 0 Å². The predicted molar refractivity (Wildman–Crippen MR) is 62.0 cm³/mol. The van der Waals surface area contributed by atoms with Crippen LogP contribution in [-0.4, -0.2) is 20.7 Å². The first-order valence-electron chi connectivity index (χ1n) is 3.65. The predicted octanol–water partition coefficient (Wildman–Crippen LogP) is 1.26. The zero-order valence-corrected chi connectivity index (χ0v) is 9.87. The largest absolute Gasteiger partial charge is 0.329 e. The third-order valence-corrected chi connectivity index (χ3v) is 3.25. The van der Waals surface area contributed by atoms with Gasteiger partial charge in [0, 0.05) is 6.54 Å². The van der Waals surface area contributed by atoms with Crippen molar-refractivity contribution in [2.45, 2.75) is 4.90 Å². The van der Waals surface area contributed by atoms with Crippen LogP contribution in [0.5, 0.6) is 0 Å². The van der Waals surface area contributed by atoms with E-state index in [-0.39, 0.29) is 37.1 Å². The maximum atomic E-state index is 11.4. The van der Waals surface area contributed by atoms with Gasteiger partial charge in [0.05, 0.1) is 10.6 Å². The number of benzene rings is 1. The molecule has 0 aliphatic rings. The Morgan fingerprint density at radius 1 is 1.07 bits per heavy atom. The minimum atomic E-state index is -3.14. The van der Waals surface area contributed by atoms with Crippen molar-refractivity contribution in [1.29, 1.82) is 0 Å². The van der Waals surface area contributed by atoms with Crippen LogP contribution in [0.15, 0.2) is 35.2 Å². The Hall–Kier alpha value is -0.290. The van der Waals surface area contributed by atoms with Crippen LogP contribution in [0.25, 0.3) is 0 Å². The molecule has 0 saturated heterocycles. The van der Waals surface area contributed by atoms with E-state index in [0.29, 0.717) is 4.90 Å². The molecule has 0 saturated carbocycles. The van der Waals surface area contributed by atoms with E-state index in [9.17, 15) is 8.42 Å². The third kappa shape index (κ3) is 4.28. The molecule has 3 nitrogen and oxygen atoms in total. The molecule has 0 heterocycles. The van der Waals surface area contributed by atoms with Gasteiger partial charge < -0.3 is 5.73 Å². The first-order chi connectivity index (χ1) is 5.67. The summed E-state index contributed by atoms with van der Waals surface area (Å²) in [7, 11) is -3.14. The van der Waals surface area contributed by atoms with Crippen molar-refractivity contribution in [2.75, 3.05) is 12.3 Å². The molecule has 0 spiro atoms. The molecule has 14 heavy (non-hydrogen) atoms. The van der Waals surface area contributed by atoms with Gasteiger partial charge in [0.15, 0.2) is 9.84 Å². The Bertz CT molecular complexity index is 340. The second-order valence-electron chi connectivity index (χ2n) is 2.42. The van der Waals surface area contributed by atoms with Crippen LogP contribution >= 0.6 is 24.8 Å². The summed E-state index contributed by atoms with van der Waals surface area (Å²) < 4.78 is 22.7. The Morgan fingerprint density at radius 3 is 2.00 bits per heavy atom. The summed E-state index contributed by atoms with van der Waals surface area (Å²) in [5, 5.41) is 0. The average molecular weight is 258 g/mol. The Balaban J connectivity index is 0. The lowest BCUT2D eigenvalue weighted by Gasteiger charge is -2.00. The van der Waals surface area contributed by atoms with E-state index < -0.39 is 9.84 Å². The molecule has 1 aromatic carbocycles. The van der Waals surface area contributed by atoms with Crippen LogP contribution in [0.2, 0.25) is 0 Å². The van der Waals surface area contributed by atoms with E-state index in [1.54, 1.807) is 30.3 Å². The van der Waals surface area contributed by atoms with Crippen LogP contribution in [-0.2, 0) is 9.84 Å². The molecule has 1 rings (SSSR count). The standard InChI is InChI=1S/C8H11NO2S.2ClH/c9-6-7-12(10,11)8-4-2-1-3-5-8;;/h1-5H,6-7,9H2;2*1H. The molecule has 1 aromatic rings. The zero-order valence-electron chi connectivity index (χ0n) is 7.42. The van der Waals surface area contributed by atoms with E-state index in [1.807, 2.05) is 0 Å². The molecule has 0 unspecified atom stereocenters. The van der Waals surface area contributed by atoms with Crippen LogP contribution in [0, 0.1) is 0 Å². The molecule has 0 aliphatic carbocycles. The quantitative estimate of drug-likeness (QED) is 0.887. The van der Waals surface area contributed by atoms with Crippen LogP contribution in [0.4, 0.5) is 0 Å². The molecule has 0 atom stereocenters. The topological polar surface area (TPSA) is 60.2 Å². The van der Waals surface area contributed by atoms with Gasteiger partial charge in [-0.3, -0.25) is 0 Å². The van der Waals surface area contributed by atoms with Gasteiger partial charge in [0.25, 0.3) is 0 Å². The molecule has 82 valence electrons. The average Bonchev–Trinajstić information content (AvgIpc) is 2.06. The van der Waals surface area contributed by atoms with Crippen LogP contribution < -0.4 is 5.73 Å². The molecule has 0 amide bonds. The summed E-state index contributed by atoms with van der Waals surface area (Å²) >= 11 is 0. The highest BCUT2D eigenvalue weighted by atomic mass is 35.5. The summed E-state index contributed by atoms with van der Waals surface area (Å²) in [5.41, 5.74) is 5.17. The minimum Gasteiger partial charge on any atom is -0.329 e. The molecule has 0 radical (unpaired) electrons. The van der Waals surface area contributed by atoms with E-state index in [0.717, 1.165) is 0 Å². The minimum absolute atomic E-state index is 0. The van der Waals surface area contributed by atoms with Crippen LogP contribution in [0.3, 0.4) is 0 Å². The fourth-order valence-electron chi connectivity index (χ4n) is 0.901. The van der Waals surface area contributed by atoms with Gasteiger partial charge >= 0.3 is 0 Å². The third-order valence-electron chi connectivity index (χ3n) is 1.49. The summed E-state index contributed by atoms with van der Waals surface area (Å²) in [6.07, 6.45) is 0. The normalized spacial score (nSPS) is 9.79. The van der Waals surface area contributed by atoms with E-state index in [2.05, 4.69) is 0 Å². The van der Waals surface area contributed by atoms with Crippen molar-refractivity contribution in [2.24, 2.45) is 5.73 Å². The Morgan fingerprint density at radius 2 is 1.57 bits per heavy atom. The molecule has 0 fully saturated rings. The van der Waals surface area contributed by atoms with E-state index >= 15 is 0 Å². The number of halogens is 2.